The van der Waals surface area contributed by atoms with Crippen LogP contribution in [0.3, 0.4) is 0 Å². The van der Waals surface area contributed by atoms with Crippen LogP contribution in [-0.2, 0) is 24.8 Å². The number of nitrogens with zero attached hydrogens (tertiary/aromatic N) is 2. The Hall–Kier alpha value is -3.55. The van der Waals surface area contributed by atoms with E-state index >= 15 is 0 Å². The van der Waals surface area contributed by atoms with E-state index in [1.165, 1.54) is 18.2 Å². The van der Waals surface area contributed by atoms with Gasteiger partial charge in [-0.15, -0.1) is 0 Å². The lowest BCUT2D eigenvalue weighted by atomic mass is 10.00. The molecule has 2 N–H and O–H groups in total. The van der Waals surface area contributed by atoms with Gasteiger partial charge in [0.1, 0.15) is 17.5 Å². The van der Waals surface area contributed by atoms with E-state index in [1.807, 2.05) is 13.2 Å². The van der Waals surface area contributed by atoms with E-state index in [2.05, 4.69) is 15.3 Å². The Morgan fingerprint density at radius 2 is 1.90 bits per heavy atom. The average Bonchev–Trinajstić information content (AvgIpc) is 3.31. The molecule has 0 spiro atoms. The molecule has 5 nitrogen and oxygen atoms in total. The zero-order valence-corrected chi connectivity index (χ0v) is 16.9. The Balaban J connectivity index is 1.52. The Labute approximate surface area is 176 Å². The molecule has 4 aromatic rings. The number of halogens is 3. The van der Waals surface area contributed by atoms with Crippen LogP contribution >= 0.6 is 0 Å². The van der Waals surface area contributed by atoms with Crippen molar-refractivity contribution in [1.82, 2.24) is 19.9 Å². The van der Waals surface area contributed by atoms with Gasteiger partial charge in [-0.3, -0.25) is 4.79 Å². The molecule has 0 aliphatic rings. The second kappa shape index (κ2) is 8.67. The van der Waals surface area contributed by atoms with E-state index in [-0.39, 0.29) is 23.7 Å². The van der Waals surface area contributed by atoms with Crippen LogP contribution in [0, 0.1) is 17.5 Å². The normalized spacial score (nSPS) is 11.2. The Morgan fingerprint density at radius 1 is 1.13 bits per heavy atom. The van der Waals surface area contributed by atoms with E-state index in [1.54, 1.807) is 23.0 Å². The van der Waals surface area contributed by atoms with Crippen molar-refractivity contribution in [3.8, 4) is 11.3 Å². The smallest absolute Gasteiger partial charge is 0.220 e. The van der Waals surface area contributed by atoms with Gasteiger partial charge >= 0.3 is 0 Å². The minimum Gasteiger partial charge on any atom is -0.352 e. The first-order valence-corrected chi connectivity index (χ1v) is 9.90. The quantitative estimate of drug-likeness (QED) is 0.453. The highest BCUT2D eigenvalue weighted by Gasteiger charge is 2.17. The summed E-state index contributed by atoms with van der Waals surface area (Å²) in [5.74, 6) is -1.89. The molecule has 4 rings (SSSR count). The van der Waals surface area contributed by atoms with Crippen molar-refractivity contribution >= 4 is 16.8 Å². The second-order valence-electron chi connectivity index (χ2n) is 7.46. The van der Waals surface area contributed by atoms with Crippen molar-refractivity contribution in [2.75, 3.05) is 0 Å². The predicted octanol–water partition coefficient (Wildman–Crippen LogP) is 4.62. The van der Waals surface area contributed by atoms with E-state index in [0.717, 1.165) is 11.8 Å². The molecule has 0 unspecified atom stereocenters. The van der Waals surface area contributed by atoms with Gasteiger partial charge in [0, 0.05) is 36.8 Å². The van der Waals surface area contributed by atoms with E-state index in [4.69, 9.17) is 0 Å². The molecule has 2 aromatic heterocycles. The third-order valence-corrected chi connectivity index (χ3v) is 5.12. The molecule has 0 aliphatic carbocycles. The highest BCUT2D eigenvalue weighted by molar-refractivity contribution is 5.91. The van der Waals surface area contributed by atoms with Gasteiger partial charge in [0.05, 0.1) is 24.1 Å². The Kier molecular flexibility index (Phi) is 5.79. The number of amides is 1. The largest absolute Gasteiger partial charge is 0.352 e. The number of H-pyrrole nitrogens is 1. The highest BCUT2D eigenvalue weighted by Crippen LogP contribution is 2.33. The summed E-state index contributed by atoms with van der Waals surface area (Å²) < 4.78 is 43.4. The molecule has 8 heteroatoms. The zero-order chi connectivity index (χ0) is 22.0. The van der Waals surface area contributed by atoms with Gasteiger partial charge in [0.2, 0.25) is 5.91 Å². The molecule has 2 heterocycles. The molecule has 0 fully saturated rings. The number of fused-ring (bicyclic) bond motifs is 1. The van der Waals surface area contributed by atoms with Crippen LogP contribution in [-0.4, -0.2) is 20.4 Å². The van der Waals surface area contributed by atoms with Crippen molar-refractivity contribution in [3.63, 3.8) is 0 Å². The maximum absolute atomic E-state index is 14.3. The van der Waals surface area contributed by atoms with Gasteiger partial charge in [-0.1, -0.05) is 0 Å². The third-order valence-electron chi connectivity index (χ3n) is 5.12. The van der Waals surface area contributed by atoms with Crippen LogP contribution < -0.4 is 5.32 Å². The van der Waals surface area contributed by atoms with Gasteiger partial charge < -0.3 is 14.9 Å². The van der Waals surface area contributed by atoms with Crippen molar-refractivity contribution < 1.29 is 18.0 Å². The number of aryl methyl sites for hydroxylation is 2. The first kappa shape index (κ1) is 20.7. The van der Waals surface area contributed by atoms with Crippen LogP contribution in [0.15, 0.2) is 48.9 Å². The van der Waals surface area contributed by atoms with Crippen LogP contribution in [0.4, 0.5) is 13.2 Å². The summed E-state index contributed by atoms with van der Waals surface area (Å²) >= 11 is 0. The molecule has 1 amide bonds. The number of nitrogens with one attached hydrogen (secondary N) is 2. The van der Waals surface area contributed by atoms with E-state index in [9.17, 15) is 18.0 Å². The summed E-state index contributed by atoms with van der Waals surface area (Å²) in [5.41, 5.74) is 2.89. The summed E-state index contributed by atoms with van der Waals surface area (Å²) in [5, 5.41) is 3.24. The van der Waals surface area contributed by atoms with Gasteiger partial charge in [-0.2, -0.15) is 0 Å². The molecule has 2 aromatic carbocycles. The number of aromatic amines is 1. The van der Waals surface area contributed by atoms with Crippen LogP contribution in [0.5, 0.6) is 0 Å². The van der Waals surface area contributed by atoms with E-state index in [0.29, 0.717) is 41.6 Å². The number of hydrogen-bond donors (Lipinski definition) is 2. The van der Waals surface area contributed by atoms with Crippen LogP contribution in [0.1, 0.15) is 24.1 Å². The standard InChI is InChI=1S/C23H21F3N4O/c1-30-12-17(28-13-30)11-27-21(31)4-2-3-18-19-9-16(25)10-20(26)23(19)29-22(18)14-5-7-15(24)8-6-14/h5-10,12-13,29H,2-4,11H2,1H3,(H,27,31). The molecule has 0 saturated heterocycles. The van der Waals surface area contributed by atoms with Crippen molar-refractivity contribution in [1.29, 1.82) is 0 Å². The maximum Gasteiger partial charge on any atom is 0.220 e. The first-order chi connectivity index (χ1) is 14.9. The molecular weight excluding hydrogens is 405 g/mol. The second-order valence-corrected chi connectivity index (χ2v) is 7.46. The zero-order valence-electron chi connectivity index (χ0n) is 16.9. The van der Waals surface area contributed by atoms with Crippen molar-refractivity contribution in [2.24, 2.45) is 7.05 Å². The van der Waals surface area contributed by atoms with Gasteiger partial charge in [-0.05, 0) is 54.3 Å². The van der Waals surface area contributed by atoms with Gasteiger partial charge in [0.15, 0.2) is 0 Å². The van der Waals surface area contributed by atoms with Crippen LogP contribution in [0.2, 0.25) is 0 Å². The fourth-order valence-corrected chi connectivity index (χ4v) is 3.66. The number of carbonyl (C=O) groups excluding carboxylic acids is 1. The Morgan fingerprint density at radius 3 is 2.61 bits per heavy atom. The molecule has 0 aliphatic heterocycles. The predicted molar refractivity (Wildman–Crippen MR) is 112 cm³/mol. The SMILES string of the molecule is Cn1cnc(CNC(=O)CCCc2c(-c3ccc(F)cc3)[nH]c3c(F)cc(F)cc23)c1. The number of hydrogen-bond acceptors (Lipinski definition) is 2. The summed E-state index contributed by atoms with van der Waals surface area (Å²) in [6.45, 7) is 0.337. The van der Waals surface area contributed by atoms with Crippen molar-refractivity contribution in [2.45, 2.75) is 25.8 Å². The fourth-order valence-electron chi connectivity index (χ4n) is 3.66. The van der Waals surface area contributed by atoms with Gasteiger partial charge in [-0.25, -0.2) is 18.2 Å². The highest BCUT2D eigenvalue weighted by atomic mass is 19.1. The molecule has 0 radical (unpaired) electrons. The molecule has 160 valence electrons. The third kappa shape index (κ3) is 4.63. The van der Waals surface area contributed by atoms with Gasteiger partial charge in [0.25, 0.3) is 0 Å². The lowest BCUT2D eigenvalue weighted by Gasteiger charge is -2.07. The fraction of sp³-hybridized carbons (Fsp3) is 0.217. The minimum absolute atomic E-state index is 0.133. The number of rotatable bonds is 7. The van der Waals surface area contributed by atoms with Crippen molar-refractivity contribution in [3.05, 3.63) is 77.6 Å². The Bertz CT molecular complexity index is 1230. The first-order valence-electron chi connectivity index (χ1n) is 9.90. The number of aromatic nitrogens is 3. The summed E-state index contributed by atoms with van der Waals surface area (Å²) in [6, 6.07) is 7.88. The summed E-state index contributed by atoms with van der Waals surface area (Å²) in [6.07, 6.45) is 4.64. The summed E-state index contributed by atoms with van der Waals surface area (Å²) in [7, 11) is 1.85. The topological polar surface area (TPSA) is 62.7 Å². The molecule has 31 heavy (non-hydrogen) atoms. The lowest BCUT2D eigenvalue weighted by Crippen LogP contribution is -2.22. The monoisotopic (exact) mass is 426 g/mol. The average molecular weight is 426 g/mol. The van der Waals surface area contributed by atoms with E-state index < -0.39 is 11.6 Å². The maximum atomic E-state index is 14.3. The number of imidazole rings is 1. The minimum atomic E-state index is -0.697. The molecule has 0 bridgehead atoms. The molecule has 0 atom stereocenters. The van der Waals surface area contributed by atoms with Crippen LogP contribution in [0.25, 0.3) is 22.2 Å². The summed E-state index contributed by atoms with van der Waals surface area (Å²) in [4.78, 5) is 19.4. The lowest BCUT2D eigenvalue weighted by molar-refractivity contribution is -0.121. The number of benzene rings is 2. The molecule has 0 saturated carbocycles. The molecular formula is C23H21F3N4O. The number of carbonyl (C=O) groups is 1.